The van der Waals surface area contributed by atoms with E-state index in [4.69, 9.17) is 9.47 Å². The first-order valence-corrected chi connectivity index (χ1v) is 6.86. The van der Waals surface area contributed by atoms with Crippen LogP contribution in [0.3, 0.4) is 0 Å². The van der Waals surface area contributed by atoms with Gasteiger partial charge in [0.1, 0.15) is 13.3 Å². The lowest BCUT2D eigenvalue weighted by Crippen LogP contribution is -2.12. The second-order valence-electron chi connectivity index (χ2n) is 3.66. The predicted molar refractivity (Wildman–Crippen MR) is 74.2 cm³/mol. The first-order valence-electron chi connectivity index (χ1n) is 6.07. The van der Waals surface area contributed by atoms with Crippen LogP contribution in [0.1, 0.15) is 19.4 Å². The van der Waals surface area contributed by atoms with Gasteiger partial charge >= 0.3 is 0 Å². The van der Waals surface area contributed by atoms with E-state index in [0.717, 1.165) is 23.1 Å². The van der Waals surface area contributed by atoms with Crippen LogP contribution in [0.25, 0.3) is 0 Å². The summed E-state index contributed by atoms with van der Waals surface area (Å²) in [5.41, 5.74) is 1.10. The topological polar surface area (TPSA) is 30.5 Å². The fourth-order valence-electron chi connectivity index (χ4n) is 1.54. The minimum atomic E-state index is -0.517. The molecule has 0 unspecified atom stereocenters. The molecule has 0 bridgehead atoms. The summed E-state index contributed by atoms with van der Waals surface area (Å²) in [6.07, 6.45) is 0. The van der Waals surface area contributed by atoms with Gasteiger partial charge in [0.05, 0.1) is 11.1 Å². The van der Waals surface area contributed by atoms with Crippen LogP contribution >= 0.6 is 15.9 Å². The molecule has 0 amide bonds. The molecule has 1 aromatic carbocycles. The average Bonchev–Trinajstić information content (AvgIpc) is 2.36. The highest BCUT2D eigenvalue weighted by molar-refractivity contribution is 9.10. The first kappa shape index (κ1) is 15.2. The summed E-state index contributed by atoms with van der Waals surface area (Å²) < 4.78 is 23.9. The van der Waals surface area contributed by atoms with Crippen LogP contribution in [-0.2, 0) is 6.54 Å². The van der Waals surface area contributed by atoms with Crippen LogP contribution in [-0.4, -0.2) is 26.4 Å². The second kappa shape index (κ2) is 8.32. The molecule has 102 valence electrons. The fraction of sp³-hybridized carbons (Fsp3) is 0.538. The quantitative estimate of drug-likeness (QED) is 0.797. The van der Waals surface area contributed by atoms with Gasteiger partial charge in [0.25, 0.3) is 0 Å². The van der Waals surface area contributed by atoms with E-state index in [0.29, 0.717) is 18.1 Å². The fourth-order valence-corrected chi connectivity index (χ4v) is 2.14. The van der Waals surface area contributed by atoms with Gasteiger partial charge in [-0.1, -0.05) is 6.92 Å². The van der Waals surface area contributed by atoms with Gasteiger partial charge in [0.2, 0.25) is 0 Å². The number of hydrogen-bond acceptors (Lipinski definition) is 3. The Morgan fingerprint density at radius 3 is 2.67 bits per heavy atom. The summed E-state index contributed by atoms with van der Waals surface area (Å²) in [5.74, 6) is 1.21. The molecule has 0 heterocycles. The number of alkyl halides is 1. The second-order valence-corrected chi connectivity index (χ2v) is 4.51. The van der Waals surface area contributed by atoms with E-state index in [1.54, 1.807) is 0 Å². The molecule has 0 aliphatic carbocycles. The number of hydrogen-bond donors (Lipinski definition) is 1. The van der Waals surface area contributed by atoms with Crippen LogP contribution in [0.5, 0.6) is 11.5 Å². The molecular formula is C13H19BrFNO2. The summed E-state index contributed by atoms with van der Waals surface area (Å²) in [6.45, 7) is 5.69. The highest BCUT2D eigenvalue weighted by Gasteiger charge is 2.12. The van der Waals surface area contributed by atoms with Gasteiger partial charge in [-0.2, -0.15) is 0 Å². The third-order valence-electron chi connectivity index (χ3n) is 2.27. The van der Waals surface area contributed by atoms with Crippen molar-refractivity contribution in [3.63, 3.8) is 0 Å². The van der Waals surface area contributed by atoms with Gasteiger partial charge in [-0.15, -0.1) is 0 Å². The van der Waals surface area contributed by atoms with E-state index in [2.05, 4.69) is 28.2 Å². The lowest BCUT2D eigenvalue weighted by Gasteiger charge is -2.15. The Morgan fingerprint density at radius 2 is 2.06 bits per heavy atom. The molecule has 0 aliphatic rings. The number of ether oxygens (including phenoxy) is 2. The van der Waals surface area contributed by atoms with Crippen molar-refractivity contribution in [3.8, 4) is 11.5 Å². The van der Waals surface area contributed by atoms with Gasteiger partial charge < -0.3 is 14.8 Å². The third kappa shape index (κ3) is 4.46. The Hall–Kier alpha value is -0.810. The molecule has 0 saturated carbocycles. The SMILES string of the molecule is CCNCc1cc(Br)c(OCCF)c(OCC)c1. The van der Waals surface area contributed by atoms with E-state index in [9.17, 15) is 4.39 Å². The molecule has 1 rings (SSSR count). The van der Waals surface area contributed by atoms with E-state index >= 15 is 0 Å². The van der Waals surface area contributed by atoms with Crippen molar-refractivity contribution in [1.82, 2.24) is 5.32 Å². The summed E-state index contributed by atoms with van der Waals surface area (Å²) in [4.78, 5) is 0. The molecule has 1 aromatic rings. The lowest BCUT2D eigenvalue weighted by atomic mass is 10.2. The van der Waals surface area contributed by atoms with Gasteiger partial charge in [-0.05, 0) is 47.1 Å². The van der Waals surface area contributed by atoms with E-state index in [-0.39, 0.29) is 6.61 Å². The van der Waals surface area contributed by atoms with Crippen molar-refractivity contribution in [2.24, 2.45) is 0 Å². The molecule has 18 heavy (non-hydrogen) atoms. The van der Waals surface area contributed by atoms with Crippen molar-refractivity contribution >= 4 is 15.9 Å². The first-order chi connectivity index (χ1) is 8.72. The Labute approximate surface area is 116 Å². The number of rotatable bonds is 8. The Kier molecular flexibility index (Phi) is 7.05. The molecule has 0 radical (unpaired) electrons. The molecule has 0 atom stereocenters. The summed E-state index contributed by atoms with van der Waals surface area (Å²) >= 11 is 3.43. The molecule has 0 aromatic heterocycles. The Bertz CT molecular complexity index is 374. The normalized spacial score (nSPS) is 10.4. The molecule has 3 nitrogen and oxygen atoms in total. The maximum atomic E-state index is 12.2. The van der Waals surface area contributed by atoms with Crippen LogP contribution in [0, 0.1) is 0 Å². The minimum absolute atomic E-state index is 0.0330. The van der Waals surface area contributed by atoms with E-state index in [1.165, 1.54) is 0 Å². The van der Waals surface area contributed by atoms with Gasteiger partial charge in [-0.3, -0.25) is 0 Å². The standard InChI is InChI=1S/C13H19BrFNO2/c1-3-16-9-10-7-11(14)13(18-6-5-15)12(8-10)17-4-2/h7-8,16H,3-6,9H2,1-2H3. The van der Waals surface area contributed by atoms with Crippen LogP contribution in [0.2, 0.25) is 0 Å². The van der Waals surface area contributed by atoms with Gasteiger partial charge in [0.15, 0.2) is 11.5 Å². The zero-order valence-electron chi connectivity index (χ0n) is 10.8. The van der Waals surface area contributed by atoms with Crippen molar-refractivity contribution < 1.29 is 13.9 Å². The van der Waals surface area contributed by atoms with Gasteiger partial charge in [-0.25, -0.2) is 4.39 Å². The highest BCUT2D eigenvalue weighted by Crippen LogP contribution is 2.36. The van der Waals surface area contributed by atoms with Crippen molar-refractivity contribution in [3.05, 3.63) is 22.2 Å². The third-order valence-corrected chi connectivity index (χ3v) is 2.86. The predicted octanol–water partition coefficient (Wildman–Crippen LogP) is 3.31. The smallest absolute Gasteiger partial charge is 0.175 e. The Morgan fingerprint density at radius 1 is 1.28 bits per heavy atom. The van der Waals surface area contributed by atoms with Crippen molar-refractivity contribution in [2.45, 2.75) is 20.4 Å². The lowest BCUT2D eigenvalue weighted by molar-refractivity contribution is 0.250. The molecular weight excluding hydrogens is 301 g/mol. The maximum absolute atomic E-state index is 12.2. The van der Waals surface area contributed by atoms with Crippen LogP contribution in [0.4, 0.5) is 4.39 Å². The summed E-state index contributed by atoms with van der Waals surface area (Å²) in [7, 11) is 0. The number of halogens is 2. The monoisotopic (exact) mass is 319 g/mol. The minimum Gasteiger partial charge on any atom is -0.490 e. The van der Waals surface area contributed by atoms with Crippen LogP contribution in [0.15, 0.2) is 16.6 Å². The number of nitrogens with one attached hydrogen (secondary N) is 1. The molecule has 0 spiro atoms. The van der Waals surface area contributed by atoms with Crippen LogP contribution < -0.4 is 14.8 Å². The van der Waals surface area contributed by atoms with Crippen molar-refractivity contribution in [2.75, 3.05) is 26.4 Å². The average molecular weight is 320 g/mol. The maximum Gasteiger partial charge on any atom is 0.175 e. The van der Waals surface area contributed by atoms with Gasteiger partial charge in [0, 0.05) is 6.54 Å². The number of benzene rings is 1. The summed E-state index contributed by atoms with van der Waals surface area (Å²) in [5, 5.41) is 3.25. The molecule has 5 heteroatoms. The summed E-state index contributed by atoms with van der Waals surface area (Å²) in [6, 6.07) is 3.88. The van der Waals surface area contributed by atoms with E-state index < -0.39 is 6.67 Å². The molecule has 0 saturated heterocycles. The highest BCUT2D eigenvalue weighted by atomic mass is 79.9. The molecule has 0 aliphatic heterocycles. The van der Waals surface area contributed by atoms with E-state index in [1.807, 2.05) is 19.1 Å². The Balaban J connectivity index is 2.93. The van der Waals surface area contributed by atoms with Crippen molar-refractivity contribution in [1.29, 1.82) is 0 Å². The largest absolute Gasteiger partial charge is 0.490 e. The molecule has 0 fully saturated rings. The zero-order chi connectivity index (χ0) is 13.4. The molecule has 1 N–H and O–H groups in total. The zero-order valence-corrected chi connectivity index (χ0v) is 12.3.